The SMILES string of the molecule is CCCC1CCN(C(=O)c2ccc(C)cc2N)CC1. The number of likely N-dealkylation sites (tertiary alicyclic amines) is 1. The van der Waals surface area contributed by atoms with Gasteiger partial charge in [0.25, 0.3) is 5.91 Å². The summed E-state index contributed by atoms with van der Waals surface area (Å²) >= 11 is 0. The first-order chi connectivity index (χ1) is 9.11. The molecule has 1 saturated heterocycles. The summed E-state index contributed by atoms with van der Waals surface area (Å²) in [7, 11) is 0. The molecule has 1 aliphatic rings. The predicted octanol–water partition coefficient (Wildman–Crippen LogP) is 3.23. The Hall–Kier alpha value is -1.51. The van der Waals surface area contributed by atoms with Gasteiger partial charge in [-0.2, -0.15) is 0 Å². The van der Waals surface area contributed by atoms with Crippen molar-refractivity contribution in [1.29, 1.82) is 0 Å². The zero-order chi connectivity index (χ0) is 13.8. The third-order valence-electron chi connectivity index (χ3n) is 4.04. The molecule has 1 heterocycles. The van der Waals surface area contributed by atoms with Crippen LogP contribution in [0.25, 0.3) is 0 Å². The number of carbonyl (C=O) groups is 1. The van der Waals surface area contributed by atoms with Gasteiger partial charge in [0.15, 0.2) is 0 Å². The summed E-state index contributed by atoms with van der Waals surface area (Å²) < 4.78 is 0. The first kappa shape index (κ1) is 13.9. The van der Waals surface area contributed by atoms with Gasteiger partial charge in [0.2, 0.25) is 0 Å². The maximum atomic E-state index is 12.4. The summed E-state index contributed by atoms with van der Waals surface area (Å²) in [5.41, 5.74) is 8.30. The average molecular weight is 260 g/mol. The first-order valence-corrected chi connectivity index (χ1v) is 7.27. The summed E-state index contributed by atoms with van der Waals surface area (Å²) in [5, 5.41) is 0. The number of nitrogens with zero attached hydrogens (tertiary/aromatic N) is 1. The minimum absolute atomic E-state index is 0.0902. The number of nitrogens with two attached hydrogens (primary N) is 1. The van der Waals surface area contributed by atoms with Gasteiger partial charge in [-0.1, -0.05) is 25.8 Å². The Morgan fingerprint density at radius 2 is 2.05 bits per heavy atom. The molecular formula is C16H24N2O. The van der Waals surface area contributed by atoms with Gasteiger partial charge < -0.3 is 10.6 Å². The highest BCUT2D eigenvalue weighted by Crippen LogP contribution is 2.24. The van der Waals surface area contributed by atoms with Crippen molar-refractivity contribution in [1.82, 2.24) is 4.90 Å². The summed E-state index contributed by atoms with van der Waals surface area (Å²) in [6.45, 7) is 5.96. The molecule has 104 valence electrons. The van der Waals surface area contributed by atoms with E-state index in [0.29, 0.717) is 11.3 Å². The fourth-order valence-corrected chi connectivity index (χ4v) is 2.88. The van der Waals surface area contributed by atoms with Crippen molar-refractivity contribution in [2.24, 2.45) is 5.92 Å². The monoisotopic (exact) mass is 260 g/mol. The van der Waals surface area contributed by atoms with E-state index in [-0.39, 0.29) is 5.91 Å². The molecule has 1 fully saturated rings. The molecule has 0 unspecified atom stereocenters. The van der Waals surface area contributed by atoms with Crippen molar-refractivity contribution in [3.05, 3.63) is 29.3 Å². The number of rotatable bonds is 3. The summed E-state index contributed by atoms with van der Waals surface area (Å²) in [6, 6.07) is 5.68. The summed E-state index contributed by atoms with van der Waals surface area (Å²) in [5.74, 6) is 0.886. The topological polar surface area (TPSA) is 46.3 Å². The lowest BCUT2D eigenvalue weighted by Crippen LogP contribution is -2.38. The van der Waals surface area contributed by atoms with Crippen molar-refractivity contribution in [3.8, 4) is 0 Å². The van der Waals surface area contributed by atoms with E-state index in [2.05, 4.69) is 6.92 Å². The highest BCUT2D eigenvalue weighted by atomic mass is 16.2. The van der Waals surface area contributed by atoms with Crippen LogP contribution in [0, 0.1) is 12.8 Å². The number of nitrogen functional groups attached to an aromatic ring is 1. The van der Waals surface area contributed by atoms with E-state index in [0.717, 1.165) is 37.4 Å². The second-order valence-electron chi connectivity index (χ2n) is 5.61. The van der Waals surface area contributed by atoms with Gasteiger partial charge >= 0.3 is 0 Å². The van der Waals surface area contributed by atoms with Crippen molar-refractivity contribution in [2.45, 2.75) is 39.5 Å². The number of benzene rings is 1. The maximum absolute atomic E-state index is 12.4. The van der Waals surface area contributed by atoms with Gasteiger partial charge in [-0.05, 0) is 43.4 Å². The number of anilines is 1. The van der Waals surface area contributed by atoms with Crippen LogP contribution in [-0.2, 0) is 0 Å². The lowest BCUT2D eigenvalue weighted by molar-refractivity contribution is 0.0687. The second-order valence-corrected chi connectivity index (χ2v) is 5.61. The Balaban J connectivity index is 2.01. The number of amides is 1. The molecule has 3 nitrogen and oxygen atoms in total. The highest BCUT2D eigenvalue weighted by Gasteiger charge is 2.24. The molecule has 1 aliphatic heterocycles. The molecule has 0 atom stereocenters. The minimum Gasteiger partial charge on any atom is -0.398 e. The molecule has 0 radical (unpaired) electrons. The second kappa shape index (κ2) is 6.09. The molecule has 1 aromatic rings. The number of hydrogen-bond donors (Lipinski definition) is 1. The third kappa shape index (κ3) is 3.28. The van der Waals surface area contributed by atoms with Gasteiger partial charge in [-0.25, -0.2) is 0 Å². The molecule has 0 saturated carbocycles. The maximum Gasteiger partial charge on any atom is 0.255 e. The Kier molecular flexibility index (Phi) is 4.46. The molecule has 1 amide bonds. The standard InChI is InChI=1S/C16H24N2O/c1-3-4-13-7-9-18(10-8-13)16(19)14-6-5-12(2)11-15(14)17/h5-6,11,13H,3-4,7-10,17H2,1-2H3. The largest absolute Gasteiger partial charge is 0.398 e. The lowest BCUT2D eigenvalue weighted by Gasteiger charge is -2.32. The van der Waals surface area contributed by atoms with E-state index in [1.807, 2.05) is 30.0 Å². The Morgan fingerprint density at radius 3 is 2.63 bits per heavy atom. The van der Waals surface area contributed by atoms with Gasteiger partial charge in [-0.3, -0.25) is 4.79 Å². The van der Waals surface area contributed by atoms with Crippen LogP contribution in [0.1, 0.15) is 48.5 Å². The first-order valence-electron chi connectivity index (χ1n) is 7.27. The quantitative estimate of drug-likeness (QED) is 0.848. The van der Waals surface area contributed by atoms with Crippen molar-refractivity contribution >= 4 is 11.6 Å². The van der Waals surface area contributed by atoms with Crippen LogP contribution in [0.15, 0.2) is 18.2 Å². The molecule has 1 aromatic carbocycles. The fraction of sp³-hybridized carbons (Fsp3) is 0.562. The van der Waals surface area contributed by atoms with Crippen LogP contribution in [0.3, 0.4) is 0 Å². The van der Waals surface area contributed by atoms with Crippen LogP contribution < -0.4 is 5.73 Å². The average Bonchev–Trinajstić information content (AvgIpc) is 2.39. The van der Waals surface area contributed by atoms with Gasteiger partial charge in [0, 0.05) is 18.8 Å². The highest BCUT2D eigenvalue weighted by molar-refractivity contribution is 5.99. The zero-order valence-corrected chi connectivity index (χ0v) is 12.0. The van der Waals surface area contributed by atoms with E-state index < -0.39 is 0 Å². The zero-order valence-electron chi connectivity index (χ0n) is 12.0. The Bertz CT molecular complexity index is 448. The predicted molar refractivity (Wildman–Crippen MR) is 79.1 cm³/mol. The van der Waals surface area contributed by atoms with Crippen molar-refractivity contribution in [2.75, 3.05) is 18.8 Å². The van der Waals surface area contributed by atoms with E-state index >= 15 is 0 Å². The van der Waals surface area contributed by atoms with Crippen molar-refractivity contribution < 1.29 is 4.79 Å². The summed E-state index contributed by atoms with van der Waals surface area (Å²) in [6.07, 6.45) is 4.79. The van der Waals surface area contributed by atoms with Crippen LogP contribution in [0.2, 0.25) is 0 Å². The molecule has 19 heavy (non-hydrogen) atoms. The number of hydrogen-bond acceptors (Lipinski definition) is 2. The molecule has 2 rings (SSSR count). The van der Waals surface area contributed by atoms with Gasteiger partial charge in [0.1, 0.15) is 0 Å². The van der Waals surface area contributed by atoms with Crippen molar-refractivity contribution in [3.63, 3.8) is 0 Å². The molecule has 0 spiro atoms. The molecule has 0 aromatic heterocycles. The summed E-state index contributed by atoms with van der Waals surface area (Å²) in [4.78, 5) is 14.4. The van der Waals surface area contributed by atoms with Gasteiger partial charge in [-0.15, -0.1) is 0 Å². The number of piperidine rings is 1. The fourth-order valence-electron chi connectivity index (χ4n) is 2.88. The molecule has 0 bridgehead atoms. The molecule has 2 N–H and O–H groups in total. The number of aryl methyl sites for hydroxylation is 1. The normalized spacial score (nSPS) is 16.6. The van der Waals surface area contributed by atoms with Crippen LogP contribution in [0.5, 0.6) is 0 Å². The molecule has 3 heteroatoms. The van der Waals surface area contributed by atoms with Gasteiger partial charge in [0.05, 0.1) is 5.56 Å². The number of carbonyl (C=O) groups excluding carboxylic acids is 1. The van der Waals surface area contributed by atoms with Crippen LogP contribution >= 0.6 is 0 Å². The Morgan fingerprint density at radius 1 is 1.37 bits per heavy atom. The van der Waals surface area contributed by atoms with E-state index in [1.165, 1.54) is 12.8 Å². The van der Waals surface area contributed by atoms with Crippen LogP contribution in [0.4, 0.5) is 5.69 Å². The minimum atomic E-state index is 0.0902. The molecular weight excluding hydrogens is 236 g/mol. The smallest absolute Gasteiger partial charge is 0.255 e. The van der Waals surface area contributed by atoms with E-state index in [4.69, 9.17) is 5.73 Å². The van der Waals surface area contributed by atoms with Crippen LogP contribution in [-0.4, -0.2) is 23.9 Å². The molecule has 0 aliphatic carbocycles. The lowest BCUT2D eigenvalue weighted by atomic mass is 9.92. The van der Waals surface area contributed by atoms with E-state index in [9.17, 15) is 4.79 Å². The third-order valence-corrected chi connectivity index (χ3v) is 4.04. The van der Waals surface area contributed by atoms with E-state index in [1.54, 1.807) is 0 Å². The Labute approximate surface area is 115 Å².